The normalized spacial score (nSPS) is 10.1. The SMILES string of the molecule is CC(=O)c1ccc(NC(=O)COC(=O)c2cccn2C)cc1. The number of aromatic nitrogens is 1. The number of anilines is 1. The third-order valence-corrected chi connectivity index (χ3v) is 3.06. The molecule has 0 unspecified atom stereocenters. The minimum absolute atomic E-state index is 0.0469. The van der Waals surface area contributed by atoms with Gasteiger partial charge >= 0.3 is 5.97 Å². The summed E-state index contributed by atoms with van der Waals surface area (Å²) in [5.41, 5.74) is 1.47. The summed E-state index contributed by atoms with van der Waals surface area (Å²) in [6, 6.07) is 9.80. The molecule has 0 atom stereocenters. The van der Waals surface area contributed by atoms with E-state index in [1.54, 1.807) is 54.2 Å². The number of ether oxygens (including phenoxy) is 1. The molecular formula is C16H16N2O4. The highest BCUT2D eigenvalue weighted by Crippen LogP contribution is 2.10. The quantitative estimate of drug-likeness (QED) is 0.677. The molecule has 0 fully saturated rings. The molecule has 2 rings (SSSR count). The summed E-state index contributed by atoms with van der Waals surface area (Å²) in [6.45, 7) is 1.09. The molecule has 0 aliphatic carbocycles. The summed E-state index contributed by atoms with van der Waals surface area (Å²) in [5, 5.41) is 2.59. The predicted molar refractivity (Wildman–Crippen MR) is 80.8 cm³/mol. The van der Waals surface area contributed by atoms with E-state index in [0.717, 1.165) is 0 Å². The number of esters is 1. The van der Waals surface area contributed by atoms with E-state index in [1.807, 2.05) is 0 Å². The highest BCUT2D eigenvalue weighted by molar-refractivity contribution is 5.97. The molecule has 0 aliphatic rings. The number of hydrogen-bond acceptors (Lipinski definition) is 4. The maximum absolute atomic E-state index is 11.7. The number of ketones is 1. The summed E-state index contributed by atoms with van der Waals surface area (Å²) in [5.74, 6) is -1.05. The Morgan fingerprint density at radius 1 is 1.14 bits per heavy atom. The van der Waals surface area contributed by atoms with E-state index in [9.17, 15) is 14.4 Å². The molecule has 1 N–H and O–H groups in total. The van der Waals surface area contributed by atoms with E-state index >= 15 is 0 Å². The van der Waals surface area contributed by atoms with Gasteiger partial charge in [-0.25, -0.2) is 4.79 Å². The molecule has 114 valence electrons. The largest absolute Gasteiger partial charge is 0.451 e. The summed E-state index contributed by atoms with van der Waals surface area (Å²) in [4.78, 5) is 34.6. The van der Waals surface area contributed by atoms with Gasteiger partial charge in [-0.1, -0.05) is 0 Å². The Morgan fingerprint density at radius 3 is 2.36 bits per heavy atom. The molecule has 0 spiro atoms. The number of nitrogens with one attached hydrogen (secondary N) is 1. The third-order valence-electron chi connectivity index (χ3n) is 3.06. The van der Waals surface area contributed by atoms with Crippen LogP contribution in [0.1, 0.15) is 27.8 Å². The summed E-state index contributed by atoms with van der Waals surface area (Å²) in [7, 11) is 1.72. The Bertz CT molecular complexity index is 701. The van der Waals surface area contributed by atoms with E-state index in [2.05, 4.69) is 5.32 Å². The Hall–Kier alpha value is -2.89. The van der Waals surface area contributed by atoms with Crippen molar-refractivity contribution in [1.29, 1.82) is 0 Å². The van der Waals surface area contributed by atoms with Gasteiger partial charge in [-0.2, -0.15) is 0 Å². The average molecular weight is 300 g/mol. The van der Waals surface area contributed by atoms with Crippen molar-refractivity contribution in [3.63, 3.8) is 0 Å². The van der Waals surface area contributed by atoms with Crippen LogP contribution in [0, 0.1) is 0 Å². The number of Topliss-reactive ketones (excluding diaryl/α,β-unsaturated/α-hetero) is 1. The number of aryl methyl sites for hydroxylation is 1. The van der Waals surface area contributed by atoms with Crippen molar-refractivity contribution in [3.05, 3.63) is 53.9 Å². The summed E-state index contributed by atoms with van der Waals surface area (Å²) in [6.07, 6.45) is 1.72. The number of carbonyl (C=O) groups is 3. The maximum atomic E-state index is 11.7. The van der Waals surface area contributed by atoms with Gasteiger partial charge in [0, 0.05) is 24.5 Å². The second kappa shape index (κ2) is 6.71. The summed E-state index contributed by atoms with van der Waals surface area (Å²) >= 11 is 0. The van der Waals surface area contributed by atoms with Crippen LogP contribution < -0.4 is 5.32 Å². The molecular weight excluding hydrogens is 284 g/mol. The number of benzene rings is 1. The zero-order chi connectivity index (χ0) is 16.1. The monoisotopic (exact) mass is 300 g/mol. The lowest BCUT2D eigenvalue weighted by Gasteiger charge is -2.07. The second-order valence-electron chi connectivity index (χ2n) is 4.76. The first-order valence-electron chi connectivity index (χ1n) is 6.66. The molecule has 6 nitrogen and oxygen atoms in total. The second-order valence-corrected chi connectivity index (χ2v) is 4.76. The minimum Gasteiger partial charge on any atom is -0.451 e. The lowest BCUT2D eigenvalue weighted by atomic mass is 10.1. The number of nitrogens with zero attached hydrogens (tertiary/aromatic N) is 1. The van der Waals surface area contributed by atoms with Crippen molar-refractivity contribution < 1.29 is 19.1 Å². The van der Waals surface area contributed by atoms with Crippen molar-refractivity contribution in [2.24, 2.45) is 7.05 Å². The average Bonchev–Trinajstić information content (AvgIpc) is 2.91. The van der Waals surface area contributed by atoms with Gasteiger partial charge in [-0.15, -0.1) is 0 Å². The van der Waals surface area contributed by atoms with Crippen LogP contribution in [-0.2, 0) is 16.6 Å². The Kier molecular flexibility index (Phi) is 4.73. The van der Waals surface area contributed by atoms with E-state index in [4.69, 9.17) is 4.74 Å². The number of carbonyl (C=O) groups excluding carboxylic acids is 3. The van der Waals surface area contributed by atoms with E-state index in [1.165, 1.54) is 6.92 Å². The molecule has 0 radical (unpaired) electrons. The molecule has 6 heteroatoms. The van der Waals surface area contributed by atoms with Gasteiger partial charge in [-0.3, -0.25) is 9.59 Å². The van der Waals surface area contributed by atoms with Crippen molar-refractivity contribution >= 4 is 23.3 Å². The first-order valence-corrected chi connectivity index (χ1v) is 6.66. The lowest BCUT2D eigenvalue weighted by molar-refractivity contribution is -0.119. The van der Waals surface area contributed by atoms with Crippen LogP contribution in [0.15, 0.2) is 42.6 Å². The van der Waals surface area contributed by atoms with E-state index < -0.39 is 11.9 Å². The smallest absolute Gasteiger partial charge is 0.355 e. The zero-order valence-electron chi connectivity index (χ0n) is 12.3. The Balaban J connectivity index is 1.86. The third kappa shape index (κ3) is 3.82. The van der Waals surface area contributed by atoms with Gasteiger partial charge in [-0.05, 0) is 43.3 Å². The van der Waals surface area contributed by atoms with Crippen LogP contribution >= 0.6 is 0 Å². The molecule has 1 aromatic heterocycles. The zero-order valence-corrected chi connectivity index (χ0v) is 12.3. The molecule has 1 amide bonds. The van der Waals surface area contributed by atoms with Gasteiger partial charge in [0.15, 0.2) is 12.4 Å². The molecule has 0 saturated carbocycles. The van der Waals surface area contributed by atoms with Crippen LogP contribution in [0.3, 0.4) is 0 Å². The van der Waals surface area contributed by atoms with Crippen LogP contribution in [0.2, 0.25) is 0 Å². The standard InChI is InChI=1S/C16H16N2O4/c1-11(19)12-5-7-13(8-6-12)17-15(20)10-22-16(21)14-4-3-9-18(14)2/h3-9H,10H2,1-2H3,(H,17,20). The number of rotatable bonds is 5. The first kappa shape index (κ1) is 15.5. The van der Waals surface area contributed by atoms with Gasteiger partial charge in [0.2, 0.25) is 0 Å². The van der Waals surface area contributed by atoms with Crippen molar-refractivity contribution in [2.45, 2.75) is 6.92 Å². The van der Waals surface area contributed by atoms with Crippen molar-refractivity contribution in [1.82, 2.24) is 4.57 Å². The van der Waals surface area contributed by atoms with Crippen LogP contribution in [0.25, 0.3) is 0 Å². The molecule has 0 bridgehead atoms. The highest BCUT2D eigenvalue weighted by Gasteiger charge is 2.12. The molecule has 2 aromatic rings. The van der Waals surface area contributed by atoms with Gasteiger partial charge in [0.25, 0.3) is 5.91 Å². The fraction of sp³-hybridized carbons (Fsp3) is 0.188. The van der Waals surface area contributed by atoms with Crippen molar-refractivity contribution in [3.8, 4) is 0 Å². The predicted octanol–water partition coefficient (Wildman–Crippen LogP) is 2.02. The molecule has 22 heavy (non-hydrogen) atoms. The first-order chi connectivity index (χ1) is 10.5. The fourth-order valence-electron chi connectivity index (χ4n) is 1.86. The number of hydrogen-bond donors (Lipinski definition) is 1. The van der Waals surface area contributed by atoms with Gasteiger partial charge in [0.1, 0.15) is 5.69 Å². The fourth-order valence-corrected chi connectivity index (χ4v) is 1.86. The van der Waals surface area contributed by atoms with Gasteiger partial charge in [0.05, 0.1) is 0 Å². The van der Waals surface area contributed by atoms with E-state index in [-0.39, 0.29) is 12.4 Å². The highest BCUT2D eigenvalue weighted by atomic mass is 16.5. The van der Waals surface area contributed by atoms with Gasteiger partial charge < -0.3 is 14.6 Å². The van der Waals surface area contributed by atoms with Crippen LogP contribution in [-0.4, -0.2) is 28.8 Å². The van der Waals surface area contributed by atoms with Crippen LogP contribution in [0.5, 0.6) is 0 Å². The Morgan fingerprint density at radius 2 is 1.82 bits per heavy atom. The van der Waals surface area contributed by atoms with Crippen molar-refractivity contribution in [2.75, 3.05) is 11.9 Å². The summed E-state index contributed by atoms with van der Waals surface area (Å²) < 4.78 is 6.55. The molecule has 1 aromatic carbocycles. The molecule has 0 aliphatic heterocycles. The molecule has 1 heterocycles. The maximum Gasteiger partial charge on any atom is 0.355 e. The van der Waals surface area contributed by atoms with Crippen LogP contribution in [0.4, 0.5) is 5.69 Å². The minimum atomic E-state index is -0.561. The number of amides is 1. The van der Waals surface area contributed by atoms with E-state index in [0.29, 0.717) is 16.9 Å². The topological polar surface area (TPSA) is 77.4 Å². The lowest BCUT2D eigenvalue weighted by Crippen LogP contribution is -2.21. The Labute approximate surface area is 127 Å². The molecule has 0 saturated heterocycles.